The van der Waals surface area contributed by atoms with Gasteiger partial charge in [0.2, 0.25) is 0 Å². The van der Waals surface area contributed by atoms with Crippen molar-refractivity contribution in [3.63, 3.8) is 0 Å². The van der Waals surface area contributed by atoms with E-state index in [4.69, 9.17) is 0 Å². The Morgan fingerprint density at radius 3 is 2.55 bits per heavy atom. The molecule has 1 aromatic carbocycles. The van der Waals surface area contributed by atoms with Gasteiger partial charge in [-0.25, -0.2) is 4.39 Å². The molecule has 2 aromatic heterocycles. The Kier molecular flexibility index (Phi) is 6.09. The maximum Gasteiger partial charge on any atom is 0.252 e. The van der Waals surface area contributed by atoms with E-state index in [-0.39, 0.29) is 24.2 Å². The smallest absolute Gasteiger partial charge is 0.252 e. The fourth-order valence-electron chi connectivity index (χ4n) is 3.72. The highest BCUT2D eigenvalue weighted by molar-refractivity contribution is 5.95. The molecule has 0 spiro atoms. The van der Waals surface area contributed by atoms with Gasteiger partial charge in [-0.3, -0.25) is 14.8 Å². The van der Waals surface area contributed by atoms with Crippen LogP contribution in [0.25, 0.3) is 11.1 Å². The number of benzene rings is 1. The first-order chi connectivity index (χ1) is 14.9. The van der Waals surface area contributed by atoms with Gasteiger partial charge in [0.15, 0.2) is 0 Å². The highest BCUT2D eigenvalue weighted by atomic mass is 19.1. The first-order valence-electron chi connectivity index (χ1n) is 10.6. The number of hydrogen-bond donors (Lipinski definition) is 2. The zero-order valence-corrected chi connectivity index (χ0v) is 17.5. The number of carbonyl (C=O) groups excluding carboxylic acids is 1. The third-order valence-corrected chi connectivity index (χ3v) is 5.85. The summed E-state index contributed by atoms with van der Waals surface area (Å²) in [4.78, 5) is 21.3. The molecule has 6 heteroatoms. The second kappa shape index (κ2) is 8.94. The quantitative estimate of drug-likeness (QED) is 0.580. The van der Waals surface area contributed by atoms with E-state index in [0.29, 0.717) is 12.0 Å². The normalized spacial score (nSPS) is 15.3. The monoisotopic (exact) mass is 419 g/mol. The number of hydrogen-bond acceptors (Lipinski definition) is 4. The van der Waals surface area contributed by atoms with Crippen LogP contribution in [0.2, 0.25) is 0 Å². The highest BCUT2D eigenvalue weighted by Gasteiger charge is 2.40. The van der Waals surface area contributed by atoms with Crippen molar-refractivity contribution in [2.24, 2.45) is 5.92 Å². The van der Waals surface area contributed by atoms with Crippen LogP contribution in [0.4, 0.5) is 4.39 Å². The Hall–Kier alpha value is -3.12. The van der Waals surface area contributed by atoms with Gasteiger partial charge in [0, 0.05) is 36.4 Å². The zero-order valence-electron chi connectivity index (χ0n) is 17.5. The van der Waals surface area contributed by atoms with Crippen molar-refractivity contribution in [3.05, 3.63) is 83.7 Å². The molecule has 1 aliphatic carbocycles. The Morgan fingerprint density at radius 2 is 1.87 bits per heavy atom. The van der Waals surface area contributed by atoms with Crippen LogP contribution < -0.4 is 5.32 Å². The van der Waals surface area contributed by atoms with Gasteiger partial charge in [-0.2, -0.15) is 0 Å². The van der Waals surface area contributed by atoms with Gasteiger partial charge in [-0.05, 0) is 80.0 Å². The number of halogens is 1. The average molecular weight is 420 g/mol. The largest absolute Gasteiger partial charge is 0.388 e. The molecule has 3 aromatic rings. The summed E-state index contributed by atoms with van der Waals surface area (Å²) in [7, 11) is 0. The molecule has 1 atom stereocenters. The molecular weight excluding hydrogens is 393 g/mol. The highest BCUT2D eigenvalue weighted by Crippen LogP contribution is 2.39. The van der Waals surface area contributed by atoms with Crippen molar-refractivity contribution in [1.82, 2.24) is 15.3 Å². The molecule has 0 aliphatic heterocycles. The summed E-state index contributed by atoms with van der Waals surface area (Å²) in [6, 6.07) is 11.9. The number of aryl methyl sites for hydroxylation is 2. The van der Waals surface area contributed by atoms with Crippen molar-refractivity contribution in [3.8, 4) is 11.1 Å². The van der Waals surface area contributed by atoms with Gasteiger partial charge in [0.05, 0.1) is 11.2 Å². The van der Waals surface area contributed by atoms with Crippen molar-refractivity contribution in [2.75, 3.05) is 6.54 Å². The van der Waals surface area contributed by atoms with E-state index in [1.807, 2.05) is 12.1 Å². The summed E-state index contributed by atoms with van der Waals surface area (Å²) < 4.78 is 13.5. The van der Waals surface area contributed by atoms with Gasteiger partial charge in [-0.15, -0.1) is 0 Å². The lowest BCUT2D eigenvalue weighted by Gasteiger charge is -2.23. The summed E-state index contributed by atoms with van der Waals surface area (Å²) in [5.74, 6) is -0.347. The Labute approximate surface area is 181 Å². The molecule has 0 bridgehead atoms. The fourth-order valence-corrected chi connectivity index (χ4v) is 3.72. The van der Waals surface area contributed by atoms with Crippen LogP contribution in [0.1, 0.15) is 41.4 Å². The number of carbonyl (C=O) groups is 1. The standard InChI is InChI=1S/C25H26FN3O2/c1-25(31,20-5-6-20)16-29-24(30)19-14-22(18-3-7-21(26)8-4-18)23(28-15-19)9-2-17-10-12-27-13-11-17/h3-4,7-8,10-15,20,31H,2,5-6,9,16H2,1H3,(H,29,30)/t25-/m0/s1. The lowest BCUT2D eigenvalue weighted by molar-refractivity contribution is 0.0354. The van der Waals surface area contributed by atoms with Crippen molar-refractivity contribution in [1.29, 1.82) is 0 Å². The van der Waals surface area contributed by atoms with Crippen molar-refractivity contribution in [2.45, 2.75) is 38.2 Å². The van der Waals surface area contributed by atoms with E-state index in [1.165, 1.54) is 12.1 Å². The fraction of sp³-hybridized carbons (Fsp3) is 0.320. The molecule has 0 unspecified atom stereocenters. The van der Waals surface area contributed by atoms with Gasteiger partial charge in [0.25, 0.3) is 5.91 Å². The predicted octanol–water partition coefficient (Wildman–Crippen LogP) is 3.96. The molecular formula is C25H26FN3O2. The van der Waals surface area contributed by atoms with E-state index in [1.54, 1.807) is 43.7 Å². The number of amides is 1. The number of pyridine rings is 2. The maximum atomic E-state index is 13.5. The van der Waals surface area contributed by atoms with Crippen LogP contribution in [0.3, 0.4) is 0 Å². The Morgan fingerprint density at radius 1 is 1.16 bits per heavy atom. The molecule has 1 aliphatic rings. The third kappa shape index (κ3) is 5.33. The SMILES string of the molecule is C[C@](O)(CNC(=O)c1cnc(CCc2ccncc2)c(-c2ccc(F)cc2)c1)C1CC1. The van der Waals surface area contributed by atoms with Gasteiger partial charge < -0.3 is 10.4 Å². The molecule has 1 saturated carbocycles. The molecule has 31 heavy (non-hydrogen) atoms. The molecule has 0 radical (unpaired) electrons. The molecule has 2 heterocycles. The second-order valence-electron chi connectivity index (χ2n) is 8.39. The maximum absolute atomic E-state index is 13.5. The van der Waals surface area contributed by atoms with E-state index >= 15 is 0 Å². The van der Waals surface area contributed by atoms with Crippen molar-refractivity contribution < 1.29 is 14.3 Å². The van der Waals surface area contributed by atoms with E-state index in [0.717, 1.165) is 41.6 Å². The minimum Gasteiger partial charge on any atom is -0.388 e. The number of nitrogens with one attached hydrogen (secondary N) is 1. The van der Waals surface area contributed by atoms with Crippen molar-refractivity contribution >= 4 is 5.91 Å². The number of aliphatic hydroxyl groups is 1. The molecule has 160 valence electrons. The van der Waals surface area contributed by atoms with Crippen LogP contribution in [-0.4, -0.2) is 33.1 Å². The minimum absolute atomic E-state index is 0.201. The number of aromatic nitrogens is 2. The third-order valence-electron chi connectivity index (χ3n) is 5.85. The number of rotatable bonds is 8. The molecule has 4 rings (SSSR count). The molecule has 5 nitrogen and oxygen atoms in total. The molecule has 0 saturated heterocycles. The Bertz CT molecular complexity index is 1050. The summed E-state index contributed by atoms with van der Waals surface area (Å²) in [5.41, 5.74) is 3.11. The summed E-state index contributed by atoms with van der Waals surface area (Å²) >= 11 is 0. The number of nitrogens with zero attached hydrogens (tertiary/aromatic N) is 2. The van der Waals surface area contributed by atoms with E-state index < -0.39 is 5.60 Å². The minimum atomic E-state index is -0.895. The second-order valence-corrected chi connectivity index (χ2v) is 8.39. The van der Waals surface area contributed by atoms with Crippen LogP contribution in [0.15, 0.2) is 61.1 Å². The van der Waals surface area contributed by atoms with Gasteiger partial charge in [0.1, 0.15) is 5.82 Å². The Balaban J connectivity index is 1.56. The van der Waals surface area contributed by atoms with Gasteiger partial charge >= 0.3 is 0 Å². The first kappa shape index (κ1) is 21.1. The summed E-state index contributed by atoms with van der Waals surface area (Å²) in [6.07, 6.45) is 8.52. The molecule has 1 fully saturated rings. The van der Waals surface area contributed by atoms with E-state index in [9.17, 15) is 14.3 Å². The summed E-state index contributed by atoms with van der Waals surface area (Å²) in [5, 5.41) is 13.3. The van der Waals surface area contributed by atoms with Gasteiger partial charge in [-0.1, -0.05) is 12.1 Å². The lowest BCUT2D eigenvalue weighted by atomic mass is 9.97. The van der Waals surface area contributed by atoms with E-state index in [2.05, 4.69) is 15.3 Å². The van der Waals surface area contributed by atoms with Crippen LogP contribution in [0, 0.1) is 11.7 Å². The van der Waals surface area contributed by atoms with Crippen LogP contribution >= 0.6 is 0 Å². The lowest BCUT2D eigenvalue weighted by Crippen LogP contribution is -2.42. The first-order valence-corrected chi connectivity index (χ1v) is 10.6. The summed E-state index contributed by atoms with van der Waals surface area (Å²) in [6.45, 7) is 1.96. The average Bonchev–Trinajstić information content (AvgIpc) is 3.64. The topological polar surface area (TPSA) is 75.1 Å². The predicted molar refractivity (Wildman–Crippen MR) is 117 cm³/mol. The zero-order chi connectivity index (χ0) is 21.8. The molecule has 2 N–H and O–H groups in total. The van der Waals surface area contributed by atoms with Crippen LogP contribution in [-0.2, 0) is 12.8 Å². The van der Waals surface area contributed by atoms with Crippen LogP contribution in [0.5, 0.6) is 0 Å². The molecule has 1 amide bonds.